The molecule has 0 bridgehead atoms. The standard InChI is InChI=1S/C48H61N3O8S/c1-5-8-10-13-18-41(50-51-48-49-45-42(56-4)19-16-20-43(45)60-48)40-32-36(59-47(55)34-23-21-33(22-24-34)17-9-6-2)26-27-37(40)39-31-35(25-28-38(39)46(53)54)57-29-14-11-12-15-30-58-44(52)7-3/h7,16,19-20,25-28,31-34H,3,5-6,8-15,17-18,21-24,29-30H2,1-2,4H3,(H,49,51)(H,53,54). The largest absolute Gasteiger partial charge is 0.494 e. The molecule has 1 fully saturated rings. The first-order valence-electron chi connectivity index (χ1n) is 21.7. The Hall–Kier alpha value is -5.23. The third kappa shape index (κ3) is 13.4. The summed E-state index contributed by atoms with van der Waals surface area (Å²) >= 11 is 1.46. The maximum atomic E-state index is 13.6. The number of carbonyl (C=O) groups excluding carboxylic acids is 2. The van der Waals surface area contributed by atoms with Crippen molar-refractivity contribution < 1.29 is 38.4 Å². The van der Waals surface area contributed by atoms with Gasteiger partial charge in [0.05, 0.1) is 42.2 Å². The van der Waals surface area contributed by atoms with Crippen LogP contribution in [0.5, 0.6) is 17.2 Å². The Balaban J connectivity index is 1.46. The number of esters is 2. The summed E-state index contributed by atoms with van der Waals surface area (Å²) in [7, 11) is 1.62. The van der Waals surface area contributed by atoms with E-state index in [9.17, 15) is 19.5 Å². The molecule has 11 nitrogen and oxygen atoms in total. The third-order valence-corrected chi connectivity index (χ3v) is 12.0. The Labute approximate surface area is 358 Å². The molecule has 4 aromatic rings. The number of thiazole rings is 1. The molecule has 1 saturated carbocycles. The molecule has 1 aliphatic carbocycles. The van der Waals surface area contributed by atoms with Gasteiger partial charge in [-0.05, 0) is 124 Å². The van der Waals surface area contributed by atoms with Crippen molar-refractivity contribution in [3.05, 3.63) is 78.4 Å². The molecule has 2 N–H and O–H groups in total. The molecule has 0 atom stereocenters. The average molecular weight is 840 g/mol. The number of hydrogen-bond acceptors (Lipinski definition) is 11. The molecular weight excluding hydrogens is 779 g/mol. The number of para-hydroxylation sites is 1. The fraction of sp³-hybridized carbons (Fsp3) is 0.479. The van der Waals surface area contributed by atoms with Crippen LogP contribution in [0.2, 0.25) is 0 Å². The van der Waals surface area contributed by atoms with Crippen LogP contribution in [0.25, 0.3) is 21.3 Å². The molecule has 0 amide bonds. The number of aromatic carboxylic acids is 1. The van der Waals surface area contributed by atoms with Crippen molar-refractivity contribution in [3.63, 3.8) is 0 Å². The quantitative estimate of drug-likeness (QED) is 0.0165. The zero-order valence-corrected chi connectivity index (χ0v) is 36.3. The number of benzene rings is 3. The van der Waals surface area contributed by atoms with Gasteiger partial charge >= 0.3 is 17.9 Å². The van der Waals surface area contributed by atoms with E-state index in [0.717, 1.165) is 93.3 Å². The van der Waals surface area contributed by atoms with Gasteiger partial charge in [0, 0.05) is 17.2 Å². The smallest absolute Gasteiger partial charge is 0.336 e. The van der Waals surface area contributed by atoms with Gasteiger partial charge in [0.25, 0.3) is 0 Å². The van der Waals surface area contributed by atoms with E-state index in [-0.39, 0.29) is 17.5 Å². The highest BCUT2D eigenvalue weighted by Crippen LogP contribution is 2.37. The van der Waals surface area contributed by atoms with E-state index >= 15 is 0 Å². The molecule has 0 aliphatic heterocycles. The molecule has 322 valence electrons. The van der Waals surface area contributed by atoms with Crippen LogP contribution in [0, 0.1) is 11.8 Å². The van der Waals surface area contributed by atoms with E-state index in [1.165, 1.54) is 30.6 Å². The molecule has 0 radical (unpaired) electrons. The normalized spacial score (nSPS) is 15.3. The van der Waals surface area contributed by atoms with Gasteiger partial charge in [-0.2, -0.15) is 5.10 Å². The second kappa shape index (κ2) is 24.1. The number of nitrogens with zero attached hydrogens (tertiary/aromatic N) is 2. The number of methoxy groups -OCH3 is 1. The molecule has 0 unspecified atom stereocenters. The van der Waals surface area contributed by atoms with Crippen LogP contribution in [-0.2, 0) is 14.3 Å². The van der Waals surface area contributed by atoms with Crippen LogP contribution in [0.4, 0.5) is 5.13 Å². The molecule has 3 aromatic carbocycles. The molecule has 0 spiro atoms. The highest BCUT2D eigenvalue weighted by molar-refractivity contribution is 7.22. The van der Waals surface area contributed by atoms with Crippen LogP contribution in [0.1, 0.15) is 133 Å². The number of fused-ring (bicyclic) bond motifs is 1. The summed E-state index contributed by atoms with van der Waals surface area (Å²) in [5.41, 5.74) is 6.49. The summed E-state index contributed by atoms with van der Waals surface area (Å²) in [5, 5.41) is 16.0. The first-order chi connectivity index (χ1) is 29.2. The fourth-order valence-corrected chi connectivity index (χ4v) is 8.49. The highest BCUT2D eigenvalue weighted by atomic mass is 32.1. The lowest BCUT2D eigenvalue weighted by Crippen LogP contribution is -2.25. The Bertz CT molecular complexity index is 2070. The zero-order chi connectivity index (χ0) is 42.7. The van der Waals surface area contributed by atoms with E-state index in [4.69, 9.17) is 29.0 Å². The summed E-state index contributed by atoms with van der Waals surface area (Å²) in [6, 6.07) is 16.2. The second-order valence-electron chi connectivity index (χ2n) is 15.4. The predicted molar refractivity (Wildman–Crippen MR) is 240 cm³/mol. The summed E-state index contributed by atoms with van der Waals surface area (Å²) < 4.78 is 23.9. The first-order valence-corrected chi connectivity index (χ1v) is 22.5. The number of rotatable bonds is 25. The molecule has 60 heavy (non-hydrogen) atoms. The van der Waals surface area contributed by atoms with Gasteiger partial charge in [0.2, 0.25) is 5.13 Å². The number of nitrogens with one attached hydrogen (secondary N) is 1. The van der Waals surface area contributed by atoms with E-state index in [2.05, 4.69) is 25.9 Å². The SMILES string of the molecule is C=CC(=O)OCCCCCCOc1ccc(C(=O)O)c(-c2ccc(OC(=O)C3CCC(CCCC)CC3)cc2C(CCCCCC)=NNc2nc3c(OC)cccc3s2)c1. The number of unbranched alkanes of at least 4 members (excludes halogenated alkanes) is 7. The van der Waals surface area contributed by atoms with E-state index in [0.29, 0.717) is 70.3 Å². The van der Waals surface area contributed by atoms with Gasteiger partial charge in [-0.1, -0.05) is 76.4 Å². The van der Waals surface area contributed by atoms with Gasteiger partial charge in [-0.3, -0.25) is 10.2 Å². The lowest BCUT2D eigenvalue weighted by Gasteiger charge is -2.27. The molecule has 1 aromatic heterocycles. The Morgan fingerprint density at radius 3 is 2.35 bits per heavy atom. The number of carbonyl (C=O) groups is 3. The third-order valence-electron chi connectivity index (χ3n) is 11.1. The molecule has 1 heterocycles. The minimum Gasteiger partial charge on any atom is -0.494 e. The number of hydrogen-bond donors (Lipinski definition) is 2. The van der Waals surface area contributed by atoms with Crippen molar-refractivity contribution in [2.45, 2.75) is 117 Å². The van der Waals surface area contributed by atoms with Gasteiger partial charge in [0.1, 0.15) is 22.8 Å². The van der Waals surface area contributed by atoms with Crippen molar-refractivity contribution in [3.8, 4) is 28.4 Å². The summed E-state index contributed by atoms with van der Waals surface area (Å²) in [5.74, 6) is 0.371. The maximum absolute atomic E-state index is 13.6. The maximum Gasteiger partial charge on any atom is 0.336 e. The fourth-order valence-electron chi connectivity index (χ4n) is 7.66. The number of carboxylic acids is 1. The van der Waals surface area contributed by atoms with E-state index in [1.54, 1.807) is 31.4 Å². The highest BCUT2D eigenvalue weighted by Gasteiger charge is 2.28. The summed E-state index contributed by atoms with van der Waals surface area (Å²) in [6.07, 6.45) is 16.3. The van der Waals surface area contributed by atoms with Gasteiger partial charge < -0.3 is 24.1 Å². The Morgan fingerprint density at radius 1 is 0.867 bits per heavy atom. The lowest BCUT2D eigenvalue weighted by molar-refractivity contribution is -0.140. The van der Waals surface area contributed by atoms with E-state index < -0.39 is 11.9 Å². The number of carboxylic acid groups (broad SMARTS) is 1. The minimum absolute atomic E-state index is 0.110. The molecular formula is C48H61N3O8S. The van der Waals surface area contributed by atoms with Crippen molar-refractivity contribution >= 4 is 50.3 Å². The molecule has 1 aliphatic rings. The van der Waals surface area contributed by atoms with Crippen LogP contribution >= 0.6 is 11.3 Å². The zero-order valence-electron chi connectivity index (χ0n) is 35.5. The van der Waals surface area contributed by atoms with Crippen molar-refractivity contribution in [2.75, 3.05) is 25.7 Å². The van der Waals surface area contributed by atoms with Crippen molar-refractivity contribution in [1.82, 2.24) is 4.98 Å². The van der Waals surface area contributed by atoms with Crippen LogP contribution in [0.3, 0.4) is 0 Å². The van der Waals surface area contributed by atoms with Crippen molar-refractivity contribution in [1.29, 1.82) is 0 Å². The minimum atomic E-state index is -1.08. The Kier molecular flexibility index (Phi) is 18.4. The van der Waals surface area contributed by atoms with Gasteiger partial charge in [-0.15, -0.1) is 0 Å². The second-order valence-corrected chi connectivity index (χ2v) is 16.5. The molecule has 12 heteroatoms. The first kappa shape index (κ1) is 45.8. The Morgan fingerprint density at radius 2 is 1.62 bits per heavy atom. The number of anilines is 1. The summed E-state index contributed by atoms with van der Waals surface area (Å²) in [4.78, 5) is 42.5. The number of aromatic nitrogens is 1. The molecule has 0 saturated heterocycles. The van der Waals surface area contributed by atoms with Crippen LogP contribution < -0.4 is 19.6 Å². The van der Waals surface area contributed by atoms with Crippen LogP contribution in [-0.4, -0.2) is 54.0 Å². The van der Waals surface area contributed by atoms with E-state index in [1.807, 2.05) is 30.3 Å². The monoisotopic (exact) mass is 839 g/mol. The summed E-state index contributed by atoms with van der Waals surface area (Å²) in [6.45, 7) is 8.57. The van der Waals surface area contributed by atoms with Gasteiger partial charge in [0.15, 0.2) is 0 Å². The lowest BCUT2D eigenvalue weighted by atomic mass is 9.80. The molecule has 5 rings (SSSR count). The van der Waals surface area contributed by atoms with Crippen LogP contribution in [0.15, 0.2) is 72.4 Å². The predicted octanol–water partition coefficient (Wildman–Crippen LogP) is 12.0. The topological polar surface area (TPSA) is 146 Å². The van der Waals surface area contributed by atoms with Gasteiger partial charge in [-0.25, -0.2) is 14.6 Å². The van der Waals surface area contributed by atoms with Crippen molar-refractivity contribution in [2.24, 2.45) is 16.9 Å². The number of ether oxygens (including phenoxy) is 4. The number of hydrazone groups is 1. The average Bonchev–Trinajstić information content (AvgIpc) is 3.69.